The summed E-state index contributed by atoms with van der Waals surface area (Å²) >= 11 is 0. The van der Waals surface area contributed by atoms with E-state index in [1.165, 1.54) is 18.5 Å². The fourth-order valence-corrected chi connectivity index (χ4v) is 3.67. The number of rotatable bonds is 5. The van der Waals surface area contributed by atoms with Crippen LogP contribution in [-0.4, -0.2) is 38.8 Å². The van der Waals surface area contributed by atoms with E-state index in [0.717, 1.165) is 49.9 Å². The third-order valence-corrected chi connectivity index (χ3v) is 5.63. The Bertz CT molecular complexity index is 747. The number of nitrogens with two attached hydrogens (primary N) is 1. The molecule has 0 spiro atoms. The van der Waals surface area contributed by atoms with Gasteiger partial charge in [0.05, 0.1) is 0 Å². The highest BCUT2D eigenvalue weighted by atomic mass is 15.3. The second kappa shape index (κ2) is 5.17. The predicted molar refractivity (Wildman–Crippen MR) is 92.3 cm³/mol. The van der Waals surface area contributed by atoms with Crippen molar-refractivity contribution in [3.63, 3.8) is 0 Å². The second-order valence-corrected chi connectivity index (χ2v) is 7.51. The average Bonchev–Trinajstić information content (AvgIpc) is 3.47. The van der Waals surface area contributed by atoms with E-state index in [9.17, 15) is 0 Å². The molecule has 3 fully saturated rings. The molecule has 2 aromatic heterocycles. The maximum absolute atomic E-state index is 6.36. The monoisotopic (exact) mass is 325 g/mol. The van der Waals surface area contributed by atoms with E-state index >= 15 is 0 Å². The molecule has 2 saturated carbocycles. The molecule has 4 N–H and O–H groups in total. The van der Waals surface area contributed by atoms with Crippen LogP contribution in [0, 0.1) is 5.92 Å². The van der Waals surface area contributed by atoms with Gasteiger partial charge in [-0.15, -0.1) is 0 Å². The maximum atomic E-state index is 6.36. The van der Waals surface area contributed by atoms with Gasteiger partial charge < -0.3 is 16.0 Å². The van der Waals surface area contributed by atoms with Crippen molar-refractivity contribution in [2.75, 3.05) is 23.3 Å². The van der Waals surface area contributed by atoms with Crippen molar-refractivity contribution in [2.24, 2.45) is 11.7 Å². The van der Waals surface area contributed by atoms with Gasteiger partial charge >= 0.3 is 0 Å². The molecule has 1 aliphatic heterocycles. The Labute approximate surface area is 141 Å². The van der Waals surface area contributed by atoms with Crippen LogP contribution in [0.4, 0.5) is 17.6 Å². The summed E-state index contributed by atoms with van der Waals surface area (Å²) in [5, 5.41) is 10.7. The number of anilines is 3. The summed E-state index contributed by atoms with van der Waals surface area (Å²) in [6, 6.07) is 3.96. The van der Waals surface area contributed by atoms with Gasteiger partial charge in [-0.3, -0.25) is 5.10 Å². The normalized spacial score (nSPS) is 25.0. The van der Waals surface area contributed by atoms with E-state index in [2.05, 4.69) is 36.4 Å². The van der Waals surface area contributed by atoms with Gasteiger partial charge in [0.1, 0.15) is 5.82 Å². The van der Waals surface area contributed by atoms with Crippen LogP contribution in [0.3, 0.4) is 0 Å². The minimum absolute atomic E-state index is 0.0822. The lowest BCUT2D eigenvalue weighted by atomic mass is 9.98. The number of H-pyrrole nitrogens is 1. The highest BCUT2D eigenvalue weighted by Gasteiger charge is 2.48. The van der Waals surface area contributed by atoms with E-state index in [-0.39, 0.29) is 5.54 Å². The Hall–Kier alpha value is -2.15. The standard InChI is InChI=1S/C17H23N7/c18-17(5-6-17)12-4-8-24(10-12)16-19-7-3-14(21-16)20-15-9-13(22-23-15)11-1-2-11/h3,7,9,11-12H,1-2,4-6,8,10,18H2,(H2,19,20,21,22,23)/t12-/m0/s1. The van der Waals surface area contributed by atoms with Gasteiger partial charge in [0, 0.05) is 42.5 Å². The summed E-state index contributed by atoms with van der Waals surface area (Å²) in [5.74, 6) is 3.63. The lowest BCUT2D eigenvalue weighted by Crippen LogP contribution is -2.34. The predicted octanol–water partition coefficient (Wildman–Crippen LogP) is 2.14. The Morgan fingerprint density at radius 1 is 1.25 bits per heavy atom. The van der Waals surface area contributed by atoms with E-state index in [1.807, 2.05) is 12.3 Å². The molecule has 0 aromatic carbocycles. The van der Waals surface area contributed by atoms with Gasteiger partial charge in [-0.1, -0.05) is 0 Å². The first kappa shape index (κ1) is 14.2. The molecule has 2 aliphatic carbocycles. The fraction of sp³-hybridized carbons (Fsp3) is 0.588. The maximum Gasteiger partial charge on any atom is 0.227 e. The van der Waals surface area contributed by atoms with Crippen molar-refractivity contribution in [3.05, 3.63) is 24.0 Å². The van der Waals surface area contributed by atoms with Crippen LogP contribution >= 0.6 is 0 Å². The second-order valence-electron chi connectivity index (χ2n) is 7.51. The smallest absolute Gasteiger partial charge is 0.227 e. The SMILES string of the molecule is NC1([C@H]2CCN(c3nccc(Nc4cc(C5CC5)[nH]n4)n3)C2)CC1. The number of aromatic amines is 1. The molecule has 3 heterocycles. The van der Waals surface area contributed by atoms with Crippen molar-refractivity contribution in [1.29, 1.82) is 0 Å². The van der Waals surface area contributed by atoms with Crippen LogP contribution in [0.25, 0.3) is 0 Å². The minimum Gasteiger partial charge on any atom is -0.340 e. The number of nitrogens with zero attached hydrogens (tertiary/aromatic N) is 4. The average molecular weight is 325 g/mol. The van der Waals surface area contributed by atoms with Crippen molar-refractivity contribution in [2.45, 2.75) is 43.6 Å². The van der Waals surface area contributed by atoms with Crippen LogP contribution in [0.2, 0.25) is 0 Å². The molecule has 126 valence electrons. The molecular weight excluding hydrogens is 302 g/mol. The van der Waals surface area contributed by atoms with Crippen LogP contribution < -0.4 is 16.0 Å². The highest BCUT2D eigenvalue weighted by molar-refractivity contribution is 5.54. The molecule has 7 nitrogen and oxygen atoms in total. The number of hydrogen-bond acceptors (Lipinski definition) is 6. The molecule has 0 unspecified atom stereocenters. The van der Waals surface area contributed by atoms with E-state index in [1.54, 1.807) is 0 Å². The summed E-state index contributed by atoms with van der Waals surface area (Å²) in [5.41, 5.74) is 7.66. The van der Waals surface area contributed by atoms with Gasteiger partial charge in [-0.2, -0.15) is 10.1 Å². The number of nitrogens with one attached hydrogen (secondary N) is 2. The molecular formula is C17H23N7. The zero-order valence-corrected chi connectivity index (χ0v) is 13.7. The largest absolute Gasteiger partial charge is 0.340 e. The first-order valence-electron chi connectivity index (χ1n) is 8.89. The molecule has 5 rings (SSSR count). The third-order valence-electron chi connectivity index (χ3n) is 5.63. The van der Waals surface area contributed by atoms with Gasteiger partial charge in [0.2, 0.25) is 5.95 Å². The zero-order valence-electron chi connectivity index (χ0n) is 13.7. The number of aromatic nitrogens is 4. The zero-order chi connectivity index (χ0) is 16.1. The van der Waals surface area contributed by atoms with Gasteiger partial charge in [0.15, 0.2) is 5.82 Å². The Balaban J connectivity index is 1.29. The summed E-state index contributed by atoms with van der Waals surface area (Å²) < 4.78 is 0. The summed E-state index contributed by atoms with van der Waals surface area (Å²) in [6.07, 6.45) is 7.80. The molecule has 0 radical (unpaired) electrons. The van der Waals surface area contributed by atoms with E-state index in [4.69, 9.17) is 5.73 Å². The van der Waals surface area contributed by atoms with Crippen molar-refractivity contribution in [3.8, 4) is 0 Å². The van der Waals surface area contributed by atoms with Crippen LogP contribution in [0.1, 0.15) is 43.7 Å². The Morgan fingerprint density at radius 3 is 2.92 bits per heavy atom. The van der Waals surface area contributed by atoms with Crippen LogP contribution in [0.15, 0.2) is 18.3 Å². The molecule has 3 aliphatic rings. The molecule has 0 bridgehead atoms. The molecule has 1 saturated heterocycles. The van der Waals surface area contributed by atoms with E-state index in [0.29, 0.717) is 11.8 Å². The summed E-state index contributed by atoms with van der Waals surface area (Å²) in [6.45, 7) is 1.95. The topological polar surface area (TPSA) is 95.8 Å². The molecule has 7 heteroatoms. The third kappa shape index (κ3) is 2.62. The van der Waals surface area contributed by atoms with Crippen molar-refractivity contribution in [1.82, 2.24) is 20.2 Å². The lowest BCUT2D eigenvalue weighted by Gasteiger charge is -2.20. The highest BCUT2D eigenvalue weighted by Crippen LogP contribution is 2.44. The lowest BCUT2D eigenvalue weighted by molar-refractivity contribution is 0.442. The first-order valence-corrected chi connectivity index (χ1v) is 8.89. The van der Waals surface area contributed by atoms with Crippen molar-refractivity contribution < 1.29 is 0 Å². The molecule has 0 amide bonds. The van der Waals surface area contributed by atoms with Crippen LogP contribution in [0.5, 0.6) is 0 Å². The molecule has 1 atom stereocenters. The minimum atomic E-state index is 0.0822. The summed E-state index contributed by atoms with van der Waals surface area (Å²) in [7, 11) is 0. The van der Waals surface area contributed by atoms with Crippen LogP contribution in [-0.2, 0) is 0 Å². The van der Waals surface area contributed by atoms with Gasteiger partial charge in [-0.05, 0) is 44.1 Å². The number of hydrogen-bond donors (Lipinski definition) is 3. The first-order chi connectivity index (χ1) is 11.7. The van der Waals surface area contributed by atoms with Gasteiger partial charge in [0.25, 0.3) is 0 Å². The van der Waals surface area contributed by atoms with E-state index < -0.39 is 0 Å². The van der Waals surface area contributed by atoms with Gasteiger partial charge in [-0.25, -0.2) is 4.98 Å². The molecule has 2 aromatic rings. The Morgan fingerprint density at radius 2 is 2.12 bits per heavy atom. The Kier molecular flexibility index (Phi) is 3.06. The molecule has 24 heavy (non-hydrogen) atoms. The quantitative estimate of drug-likeness (QED) is 0.779. The fourth-order valence-electron chi connectivity index (χ4n) is 3.67. The summed E-state index contributed by atoms with van der Waals surface area (Å²) in [4.78, 5) is 11.4. The van der Waals surface area contributed by atoms with Crippen molar-refractivity contribution >= 4 is 17.6 Å².